The Morgan fingerprint density at radius 2 is 1.63 bits per heavy atom. The number of methoxy groups -OCH3 is 2. The molecule has 2 aliphatic rings. The van der Waals surface area contributed by atoms with Crippen LogP contribution in [0.25, 0.3) is 0 Å². The molecule has 2 rings (SSSR count). The smallest absolute Gasteiger partial charge is 0.308 e. The fourth-order valence-corrected chi connectivity index (χ4v) is 3.51. The van der Waals surface area contributed by atoms with E-state index in [2.05, 4.69) is 4.90 Å². The molecule has 0 radical (unpaired) electrons. The molecule has 0 amide bonds. The summed E-state index contributed by atoms with van der Waals surface area (Å²) in [5.74, 6) is -0.891. The minimum absolute atomic E-state index is 0.0581. The highest BCUT2D eigenvalue weighted by molar-refractivity contribution is 5.71. The lowest BCUT2D eigenvalue weighted by Crippen LogP contribution is -2.42. The Hall–Kier alpha value is -0.650. The molecule has 19 heavy (non-hydrogen) atoms. The van der Waals surface area contributed by atoms with E-state index in [0.29, 0.717) is 0 Å². The number of nitrogens with zero attached hydrogens (tertiary/aromatic N) is 1. The van der Waals surface area contributed by atoms with E-state index in [0.717, 1.165) is 45.2 Å². The lowest BCUT2D eigenvalue weighted by Gasteiger charge is -2.31. The molecule has 1 saturated carbocycles. The van der Waals surface area contributed by atoms with Crippen LogP contribution in [0.2, 0.25) is 0 Å². The van der Waals surface area contributed by atoms with Crippen LogP contribution in [0, 0.1) is 5.92 Å². The van der Waals surface area contributed by atoms with Crippen LogP contribution < -0.4 is 0 Å². The third-order valence-corrected chi connectivity index (χ3v) is 4.61. The van der Waals surface area contributed by atoms with Crippen molar-refractivity contribution >= 4 is 5.97 Å². The number of carboxylic acid groups (broad SMARTS) is 1. The molecule has 0 spiro atoms. The summed E-state index contributed by atoms with van der Waals surface area (Å²) in [6.07, 6.45) is 5.19. The highest BCUT2D eigenvalue weighted by atomic mass is 16.5. The maximum absolute atomic E-state index is 11.5. The molecule has 5 nitrogen and oxygen atoms in total. The van der Waals surface area contributed by atoms with Gasteiger partial charge in [-0.1, -0.05) is 19.3 Å². The number of ether oxygens (including phenoxy) is 2. The minimum Gasteiger partial charge on any atom is -0.481 e. The molecule has 1 aliphatic heterocycles. The van der Waals surface area contributed by atoms with Gasteiger partial charge in [0.1, 0.15) is 0 Å². The zero-order chi connectivity index (χ0) is 13.8. The second-order valence-corrected chi connectivity index (χ2v) is 5.65. The van der Waals surface area contributed by atoms with Crippen LogP contribution in [0.15, 0.2) is 0 Å². The van der Waals surface area contributed by atoms with Gasteiger partial charge in [0, 0.05) is 33.4 Å². The van der Waals surface area contributed by atoms with Gasteiger partial charge in [0.05, 0.1) is 18.1 Å². The second kappa shape index (κ2) is 6.68. The van der Waals surface area contributed by atoms with Crippen molar-refractivity contribution in [1.82, 2.24) is 4.90 Å². The van der Waals surface area contributed by atoms with Gasteiger partial charge < -0.3 is 14.6 Å². The standard InChI is InChI=1S/C14H25NO4/c1-18-12-8-15(9-13(12)19-2)11-7-5-3-4-6-10(11)14(16)17/h10-13H,3-9H2,1-2H3,(H,16,17). The van der Waals surface area contributed by atoms with Crippen molar-refractivity contribution in [1.29, 1.82) is 0 Å². The number of hydrogen-bond acceptors (Lipinski definition) is 4. The molecule has 0 aromatic rings. The van der Waals surface area contributed by atoms with Crippen molar-refractivity contribution in [2.75, 3.05) is 27.3 Å². The maximum Gasteiger partial charge on any atom is 0.308 e. The van der Waals surface area contributed by atoms with Gasteiger partial charge in [-0.05, 0) is 12.8 Å². The van der Waals surface area contributed by atoms with E-state index in [1.165, 1.54) is 0 Å². The van der Waals surface area contributed by atoms with Crippen LogP contribution in [-0.4, -0.2) is 61.5 Å². The van der Waals surface area contributed by atoms with E-state index in [9.17, 15) is 9.90 Å². The predicted octanol–water partition coefficient (Wildman–Crippen LogP) is 1.37. The fourth-order valence-electron chi connectivity index (χ4n) is 3.51. The molecule has 0 bridgehead atoms. The third-order valence-electron chi connectivity index (χ3n) is 4.61. The zero-order valence-electron chi connectivity index (χ0n) is 11.9. The van der Waals surface area contributed by atoms with Gasteiger partial charge in [0.15, 0.2) is 0 Å². The molecule has 1 N–H and O–H groups in total. The minimum atomic E-state index is -0.651. The predicted molar refractivity (Wildman–Crippen MR) is 71.2 cm³/mol. The highest BCUT2D eigenvalue weighted by Crippen LogP contribution is 2.31. The first kappa shape index (κ1) is 14.8. The van der Waals surface area contributed by atoms with Crippen molar-refractivity contribution in [3.63, 3.8) is 0 Å². The van der Waals surface area contributed by atoms with Crippen LogP contribution in [0.4, 0.5) is 0 Å². The van der Waals surface area contributed by atoms with E-state index in [-0.39, 0.29) is 24.2 Å². The van der Waals surface area contributed by atoms with E-state index in [1.807, 2.05) is 0 Å². The van der Waals surface area contributed by atoms with E-state index in [1.54, 1.807) is 14.2 Å². The van der Waals surface area contributed by atoms with Gasteiger partial charge in [-0.15, -0.1) is 0 Å². The van der Waals surface area contributed by atoms with Crippen molar-refractivity contribution in [3.05, 3.63) is 0 Å². The summed E-state index contributed by atoms with van der Waals surface area (Å²) in [7, 11) is 3.39. The maximum atomic E-state index is 11.5. The lowest BCUT2D eigenvalue weighted by molar-refractivity contribution is -0.144. The average Bonchev–Trinajstić information content (AvgIpc) is 2.66. The fraction of sp³-hybridized carbons (Fsp3) is 0.929. The molecule has 110 valence electrons. The largest absolute Gasteiger partial charge is 0.481 e. The highest BCUT2D eigenvalue weighted by Gasteiger charge is 2.41. The number of rotatable bonds is 4. The molecule has 1 saturated heterocycles. The number of likely N-dealkylation sites (tertiary alicyclic amines) is 1. The van der Waals surface area contributed by atoms with Crippen LogP contribution >= 0.6 is 0 Å². The molecule has 4 unspecified atom stereocenters. The monoisotopic (exact) mass is 271 g/mol. The number of carboxylic acids is 1. The van der Waals surface area contributed by atoms with E-state index < -0.39 is 5.97 Å². The van der Waals surface area contributed by atoms with E-state index in [4.69, 9.17) is 9.47 Å². The topological polar surface area (TPSA) is 59.0 Å². The average molecular weight is 271 g/mol. The van der Waals surface area contributed by atoms with Crippen LogP contribution in [0.1, 0.15) is 32.1 Å². The molecular weight excluding hydrogens is 246 g/mol. The van der Waals surface area contributed by atoms with Crippen molar-refractivity contribution < 1.29 is 19.4 Å². The lowest BCUT2D eigenvalue weighted by atomic mass is 9.94. The van der Waals surface area contributed by atoms with Crippen LogP contribution in [0.3, 0.4) is 0 Å². The Kier molecular flexibility index (Phi) is 5.19. The summed E-state index contributed by atoms with van der Waals surface area (Å²) in [5.41, 5.74) is 0. The normalized spacial score (nSPS) is 37.2. The summed E-state index contributed by atoms with van der Waals surface area (Å²) in [6, 6.07) is 0.137. The zero-order valence-corrected chi connectivity index (χ0v) is 11.9. The van der Waals surface area contributed by atoms with Gasteiger partial charge in [-0.3, -0.25) is 9.69 Å². The first-order valence-electron chi connectivity index (χ1n) is 7.19. The molecule has 2 fully saturated rings. The summed E-state index contributed by atoms with van der Waals surface area (Å²) in [6.45, 7) is 1.56. The molecule has 0 aromatic carbocycles. The number of aliphatic carboxylic acids is 1. The van der Waals surface area contributed by atoms with Crippen LogP contribution in [-0.2, 0) is 14.3 Å². The molecule has 5 heteroatoms. The van der Waals surface area contributed by atoms with Gasteiger partial charge >= 0.3 is 5.97 Å². The molecule has 1 aliphatic carbocycles. The van der Waals surface area contributed by atoms with Gasteiger partial charge in [-0.2, -0.15) is 0 Å². The molecule has 1 heterocycles. The van der Waals surface area contributed by atoms with Crippen LogP contribution in [0.5, 0.6) is 0 Å². The number of carbonyl (C=O) groups is 1. The summed E-state index contributed by atoms with van der Waals surface area (Å²) in [4.78, 5) is 13.8. The van der Waals surface area contributed by atoms with Crippen molar-refractivity contribution in [3.8, 4) is 0 Å². The molecule has 4 atom stereocenters. The second-order valence-electron chi connectivity index (χ2n) is 5.65. The number of hydrogen-bond donors (Lipinski definition) is 1. The SMILES string of the molecule is COC1CN(C2CCCCCC2C(=O)O)CC1OC. The quantitative estimate of drug-likeness (QED) is 0.783. The third kappa shape index (κ3) is 3.27. The van der Waals surface area contributed by atoms with Crippen molar-refractivity contribution in [2.24, 2.45) is 5.92 Å². The molecule has 0 aromatic heterocycles. The van der Waals surface area contributed by atoms with Crippen molar-refractivity contribution in [2.45, 2.75) is 50.4 Å². The summed E-state index contributed by atoms with van der Waals surface area (Å²) < 4.78 is 10.9. The van der Waals surface area contributed by atoms with Gasteiger partial charge in [0.25, 0.3) is 0 Å². The first-order valence-corrected chi connectivity index (χ1v) is 7.19. The summed E-state index contributed by atoms with van der Waals surface area (Å²) in [5, 5.41) is 9.45. The Balaban J connectivity index is 2.07. The first-order chi connectivity index (χ1) is 9.17. The Labute approximate surface area is 114 Å². The Bertz CT molecular complexity index is 298. The van der Waals surface area contributed by atoms with Gasteiger partial charge in [0.2, 0.25) is 0 Å². The Morgan fingerprint density at radius 3 is 2.16 bits per heavy atom. The molecular formula is C14H25NO4. The van der Waals surface area contributed by atoms with Gasteiger partial charge in [-0.25, -0.2) is 0 Å². The van der Waals surface area contributed by atoms with E-state index >= 15 is 0 Å². The summed E-state index contributed by atoms with van der Waals surface area (Å²) >= 11 is 0. The Morgan fingerprint density at radius 1 is 1.05 bits per heavy atom.